The quantitative estimate of drug-likeness (QED) is 0.216. The molecule has 2 aliphatic rings. The number of carbonyl (C=O) groups is 1. The summed E-state index contributed by atoms with van der Waals surface area (Å²) in [4.78, 5) is 24.0. The molecule has 41 heavy (non-hydrogen) atoms. The van der Waals surface area contributed by atoms with Crippen LogP contribution in [0.15, 0.2) is 24.5 Å². The maximum atomic E-state index is 13.0. The molecule has 2 fully saturated rings. The van der Waals surface area contributed by atoms with Gasteiger partial charge in [-0.05, 0) is 68.7 Å². The monoisotopic (exact) mass is 598 g/mol. The van der Waals surface area contributed by atoms with Gasteiger partial charge in [0.1, 0.15) is 5.75 Å². The fraction of sp³-hybridized carbons (Fsp3) is 0.633. The van der Waals surface area contributed by atoms with Crippen molar-refractivity contribution in [1.82, 2.24) is 19.8 Å². The molecular weight excluding hydrogens is 555 g/mol. The van der Waals surface area contributed by atoms with Crippen LogP contribution in [0.4, 0.5) is 13.2 Å². The van der Waals surface area contributed by atoms with Gasteiger partial charge in [-0.1, -0.05) is 6.07 Å². The Morgan fingerprint density at radius 3 is 2.37 bits per heavy atom. The van der Waals surface area contributed by atoms with Gasteiger partial charge in [-0.25, -0.2) is 9.97 Å². The lowest BCUT2D eigenvalue weighted by Crippen LogP contribution is -2.57. The minimum Gasteiger partial charge on any atom is -0.493 e. The van der Waals surface area contributed by atoms with Crippen LogP contribution in [0.5, 0.6) is 5.75 Å². The lowest BCUT2D eigenvalue weighted by molar-refractivity contribution is -0.870. The maximum absolute atomic E-state index is 13.0. The Balaban J connectivity index is 0.00000226. The van der Waals surface area contributed by atoms with Crippen LogP contribution in [-0.4, -0.2) is 96.5 Å². The van der Waals surface area contributed by atoms with Crippen LogP contribution in [0.25, 0.3) is 0 Å². The van der Waals surface area contributed by atoms with E-state index in [9.17, 15) is 18.0 Å². The molecule has 0 bridgehead atoms. The molecule has 0 N–H and O–H groups in total. The fourth-order valence-corrected chi connectivity index (χ4v) is 5.74. The molecule has 4 rings (SSSR count). The lowest BCUT2D eigenvalue weighted by Gasteiger charge is -2.48. The Labute approximate surface area is 247 Å². The van der Waals surface area contributed by atoms with Gasteiger partial charge in [0, 0.05) is 50.5 Å². The van der Waals surface area contributed by atoms with Crippen molar-refractivity contribution in [2.24, 2.45) is 0 Å². The van der Waals surface area contributed by atoms with E-state index in [0.717, 1.165) is 61.3 Å². The van der Waals surface area contributed by atoms with E-state index < -0.39 is 12.0 Å². The smallest absolute Gasteiger partial charge is 0.451 e. The second-order valence-electron chi connectivity index (χ2n) is 11.9. The van der Waals surface area contributed by atoms with Crippen molar-refractivity contribution >= 4 is 17.5 Å². The first kappa shape index (κ1) is 33.1. The van der Waals surface area contributed by atoms with Gasteiger partial charge in [-0.3, -0.25) is 9.69 Å². The number of piperazine rings is 1. The van der Waals surface area contributed by atoms with Gasteiger partial charge >= 0.3 is 6.18 Å². The highest BCUT2D eigenvalue weighted by molar-refractivity contribution is 6.15. The number of piperidine rings is 1. The van der Waals surface area contributed by atoms with Crippen LogP contribution in [0.1, 0.15) is 71.0 Å². The predicted octanol–water partition coefficient (Wildman–Crippen LogP) is 5.88. The average molecular weight is 599 g/mol. The predicted molar refractivity (Wildman–Crippen MR) is 155 cm³/mol. The number of aromatic nitrogens is 2. The summed E-state index contributed by atoms with van der Waals surface area (Å²) in [5, 5.41) is 0. The van der Waals surface area contributed by atoms with Crippen molar-refractivity contribution in [1.29, 1.82) is 0 Å². The third-order valence-electron chi connectivity index (χ3n) is 8.00. The molecule has 2 aliphatic heterocycles. The first-order valence-electron chi connectivity index (χ1n) is 14.2. The summed E-state index contributed by atoms with van der Waals surface area (Å²) in [5.74, 6) is -0.607. The van der Waals surface area contributed by atoms with Gasteiger partial charge in [0.25, 0.3) is 5.91 Å². The van der Waals surface area contributed by atoms with Gasteiger partial charge in [0.2, 0.25) is 5.82 Å². The zero-order valence-electron chi connectivity index (χ0n) is 25.1. The van der Waals surface area contributed by atoms with Crippen molar-refractivity contribution < 1.29 is 27.2 Å². The van der Waals surface area contributed by atoms with Crippen molar-refractivity contribution in [3.05, 3.63) is 52.6 Å². The maximum Gasteiger partial charge on any atom is 0.451 e. The van der Waals surface area contributed by atoms with Crippen molar-refractivity contribution in [3.63, 3.8) is 0 Å². The number of fused-ring (bicyclic) bond motifs is 1. The number of hydrogen-bond acceptors (Lipinski definition) is 5. The van der Waals surface area contributed by atoms with Crippen LogP contribution in [0.2, 0.25) is 0 Å². The summed E-state index contributed by atoms with van der Waals surface area (Å²) >= 11 is 4.64. The van der Waals surface area contributed by atoms with Gasteiger partial charge in [0.15, 0.2) is 0 Å². The van der Waals surface area contributed by atoms with Crippen LogP contribution in [-0.2, 0) is 6.18 Å². The number of nitrogens with zero attached hydrogens (tertiary/aromatic N) is 5. The first-order chi connectivity index (χ1) is 19.3. The van der Waals surface area contributed by atoms with E-state index >= 15 is 0 Å². The van der Waals surface area contributed by atoms with Gasteiger partial charge in [-0.2, -0.15) is 13.2 Å². The van der Waals surface area contributed by atoms with Crippen molar-refractivity contribution in [3.8, 4) is 5.75 Å². The Kier molecular flexibility index (Phi) is 11.4. The number of ether oxygens (including phenoxy) is 1. The highest BCUT2D eigenvalue weighted by Crippen LogP contribution is 2.39. The Hall–Kier alpha value is -2.43. The number of unbranched alkanes of at least 4 members (excludes halogenated alkanes) is 1. The van der Waals surface area contributed by atoms with Crippen molar-refractivity contribution in [2.75, 3.05) is 60.3 Å². The fourth-order valence-electron chi connectivity index (χ4n) is 5.74. The summed E-state index contributed by atoms with van der Waals surface area (Å²) in [6.07, 6.45) is 4.06. The molecule has 0 spiro atoms. The van der Waals surface area contributed by atoms with E-state index in [2.05, 4.69) is 73.6 Å². The third kappa shape index (κ3) is 8.55. The molecular formula is C30H44ClF3N5O2+. The summed E-state index contributed by atoms with van der Waals surface area (Å²) < 4.78 is 45.5. The van der Waals surface area contributed by atoms with Crippen LogP contribution >= 0.6 is 11.6 Å². The molecule has 2 saturated heterocycles. The molecule has 1 aromatic carbocycles. The van der Waals surface area contributed by atoms with E-state index in [1.165, 1.54) is 23.1 Å². The number of carbonyl (C=O) groups excluding carboxylic acids is 1. The van der Waals surface area contributed by atoms with Gasteiger partial charge in [0.05, 0.1) is 39.9 Å². The number of rotatable bonds is 8. The van der Waals surface area contributed by atoms with Crippen LogP contribution < -0.4 is 4.74 Å². The van der Waals surface area contributed by atoms with Gasteiger partial charge in [-0.15, -0.1) is 11.6 Å². The minimum atomic E-state index is -4.63. The van der Waals surface area contributed by atoms with E-state index in [-0.39, 0.29) is 23.6 Å². The Bertz CT molecular complexity index is 1150. The largest absolute Gasteiger partial charge is 0.493 e. The molecule has 0 saturated carbocycles. The number of alkyl halides is 4. The third-order valence-corrected chi connectivity index (χ3v) is 8.00. The molecule has 2 atom stereocenters. The molecule has 7 nitrogen and oxygen atoms in total. The lowest BCUT2D eigenvalue weighted by atomic mass is 9.86. The summed E-state index contributed by atoms with van der Waals surface area (Å²) in [6, 6.07) is 4.78. The molecule has 1 aromatic heterocycles. The van der Waals surface area contributed by atoms with E-state index in [1.807, 2.05) is 0 Å². The average Bonchev–Trinajstić information content (AvgIpc) is 2.94. The molecule has 2 aromatic rings. The molecule has 1 amide bonds. The standard InChI is InChI=1S/C29H41F3N5O2.CH3Cl/c1-20-21(2)26(39-16-7-6-15-37(3,4)5)12-11-24(20)25-10-8-9-23-19-35(13-14-36(23)25)27(38)22-17-33-28(34-18-22)29(30,31)32;1-2/h11-12,17-18,23,25H,6-10,13-16,19H2,1-5H3;1H3/q+1;/t23-,25+;/m0./s1. The Morgan fingerprint density at radius 1 is 1.05 bits per heavy atom. The summed E-state index contributed by atoms with van der Waals surface area (Å²) in [5.41, 5.74) is 3.83. The topological polar surface area (TPSA) is 58.6 Å². The second-order valence-corrected chi connectivity index (χ2v) is 11.9. The zero-order valence-corrected chi connectivity index (χ0v) is 25.9. The second kappa shape index (κ2) is 14.2. The number of quaternary nitrogens is 1. The van der Waals surface area contributed by atoms with E-state index in [0.29, 0.717) is 26.2 Å². The summed E-state index contributed by atoms with van der Waals surface area (Å²) in [7, 11) is 6.61. The highest BCUT2D eigenvalue weighted by atomic mass is 35.5. The molecule has 228 valence electrons. The van der Waals surface area contributed by atoms with Crippen molar-refractivity contribution in [2.45, 2.75) is 64.2 Å². The molecule has 11 heteroatoms. The minimum absolute atomic E-state index is 0.0864. The number of benzene rings is 1. The zero-order chi connectivity index (χ0) is 30.4. The molecule has 0 radical (unpaired) electrons. The molecule has 3 heterocycles. The molecule has 0 aliphatic carbocycles. The number of amides is 1. The number of hydrogen-bond donors (Lipinski definition) is 0. The normalized spacial score (nSPS) is 19.7. The first-order valence-corrected chi connectivity index (χ1v) is 15.0. The van der Waals surface area contributed by atoms with Gasteiger partial charge < -0.3 is 14.1 Å². The van der Waals surface area contributed by atoms with E-state index in [1.54, 1.807) is 4.90 Å². The molecule has 0 unspecified atom stereocenters. The summed E-state index contributed by atoms with van der Waals surface area (Å²) in [6.45, 7) is 7.91. The Morgan fingerprint density at radius 2 is 1.73 bits per heavy atom. The van der Waals surface area contributed by atoms with E-state index in [4.69, 9.17) is 4.74 Å². The highest BCUT2D eigenvalue weighted by Gasteiger charge is 2.38. The van der Waals surface area contributed by atoms with Crippen LogP contribution in [0, 0.1) is 13.8 Å². The van der Waals surface area contributed by atoms with Crippen LogP contribution in [0.3, 0.4) is 0 Å². The SMILES string of the molecule is CCl.Cc1c(OCCCC[N+](C)(C)C)ccc([C@H]2CCC[C@H]3CN(C(=O)c4cnc(C(F)(F)F)nc4)CCN32)c1C. The number of halogens is 4.